The molecule has 28 heavy (non-hydrogen) atoms. The number of hydrogen-bond donors (Lipinski definition) is 2. The van der Waals surface area contributed by atoms with Crippen LogP contribution in [0.4, 0.5) is 10.1 Å². The van der Waals surface area contributed by atoms with Crippen LogP contribution >= 0.6 is 11.8 Å². The van der Waals surface area contributed by atoms with E-state index in [9.17, 15) is 14.3 Å². The van der Waals surface area contributed by atoms with E-state index in [4.69, 9.17) is 0 Å². The number of rotatable bonds is 7. The van der Waals surface area contributed by atoms with Gasteiger partial charge in [0.05, 0.1) is 24.3 Å². The lowest BCUT2D eigenvalue weighted by Crippen LogP contribution is -2.15. The second kappa shape index (κ2) is 9.03. The van der Waals surface area contributed by atoms with Gasteiger partial charge >= 0.3 is 0 Å². The van der Waals surface area contributed by atoms with E-state index in [1.807, 2.05) is 36.6 Å². The normalized spacial score (nSPS) is 10.9. The van der Waals surface area contributed by atoms with Gasteiger partial charge in [0, 0.05) is 12.2 Å². The van der Waals surface area contributed by atoms with Crippen LogP contribution in [0.2, 0.25) is 0 Å². The minimum atomic E-state index is -0.297. The molecule has 1 heterocycles. The third kappa shape index (κ3) is 4.99. The molecule has 0 aliphatic rings. The molecule has 0 unspecified atom stereocenters. The summed E-state index contributed by atoms with van der Waals surface area (Å²) in [6.07, 6.45) is 1.59. The first-order valence-corrected chi connectivity index (χ1v) is 9.84. The van der Waals surface area contributed by atoms with Gasteiger partial charge in [-0.3, -0.25) is 4.79 Å². The molecule has 5 nitrogen and oxygen atoms in total. The first kappa shape index (κ1) is 20.1. The molecule has 0 saturated carbocycles. The molecular weight excluding hydrogens is 377 g/mol. The van der Waals surface area contributed by atoms with E-state index in [1.54, 1.807) is 18.3 Å². The maximum atomic E-state index is 13.1. The van der Waals surface area contributed by atoms with Crippen LogP contribution in [0.3, 0.4) is 0 Å². The number of benzene rings is 2. The van der Waals surface area contributed by atoms with Crippen LogP contribution in [-0.4, -0.2) is 26.3 Å². The van der Waals surface area contributed by atoms with Crippen molar-refractivity contribution in [1.82, 2.24) is 9.55 Å². The summed E-state index contributed by atoms with van der Waals surface area (Å²) in [6.45, 7) is 4.24. The Morgan fingerprint density at radius 2 is 1.96 bits per heavy atom. The minimum Gasteiger partial charge on any atom is -0.390 e. The molecule has 2 N–H and O–H groups in total. The molecule has 1 aromatic heterocycles. The summed E-state index contributed by atoms with van der Waals surface area (Å²) in [4.78, 5) is 16.7. The Hall–Kier alpha value is -2.64. The third-order valence-corrected chi connectivity index (χ3v) is 5.30. The lowest BCUT2D eigenvalue weighted by atomic mass is 10.1. The first-order chi connectivity index (χ1) is 13.5. The predicted octanol–water partition coefficient (Wildman–Crippen LogP) is 3.91. The molecule has 0 fully saturated rings. The van der Waals surface area contributed by atoms with Gasteiger partial charge in [0.25, 0.3) is 0 Å². The van der Waals surface area contributed by atoms with Gasteiger partial charge in [0.1, 0.15) is 5.82 Å². The molecule has 3 aromatic rings. The SMILES string of the molecule is Cc1ccc(NC(=O)CSc2ncc(CO)n2Cc2ccc(F)cc2)c(C)c1. The lowest BCUT2D eigenvalue weighted by molar-refractivity contribution is -0.113. The van der Waals surface area contributed by atoms with Gasteiger partial charge in [0.2, 0.25) is 5.91 Å². The van der Waals surface area contributed by atoms with Crippen molar-refractivity contribution in [2.24, 2.45) is 0 Å². The molecule has 0 atom stereocenters. The number of nitrogens with zero attached hydrogens (tertiary/aromatic N) is 2. The smallest absolute Gasteiger partial charge is 0.234 e. The molecule has 0 spiro atoms. The maximum absolute atomic E-state index is 13.1. The van der Waals surface area contributed by atoms with E-state index < -0.39 is 0 Å². The monoisotopic (exact) mass is 399 g/mol. The fourth-order valence-corrected chi connectivity index (χ4v) is 3.64. The van der Waals surface area contributed by atoms with Gasteiger partial charge in [-0.25, -0.2) is 9.37 Å². The number of anilines is 1. The summed E-state index contributed by atoms with van der Waals surface area (Å²) >= 11 is 1.30. The van der Waals surface area contributed by atoms with Crippen molar-refractivity contribution in [3.8, 4) is 0 Å². The van der Waals surface area contributed by atoms with E-state index >= 15 is 0 Å². The van der Waals surface area contributed by atoms with E-state index in [-0.39, 0.29) is 24.1 Å². The zero-order valence-electron chi connectivity index (χ0n) is 15.8. The van der Waals surface area contributed by atoms with Crippen molar-refractivity contribution in [3.05, 3.63) is 76.9 Å². The predicted molar refractivity (Wildman–Crippen MR) is 109 cm³/mol. The molecule has 0 saturated heterocycles. The maximum Gasteiger partial charge on any atom is 0.234 e. The average Bonchev–Trinajstić information content (AvgIpc) is 3.06. The molecule has 7 heteroatoms. The number of carbonyl (C=O) groups excluding carboxylic acids is 1. The van der Waals surface area contributed by atoms with Crippen LogP contribution in [0.1, 0.15) is 22.4 Å². The van der Waals surface area contributed by atoms with Crippen molar-refractivity contribution in [1.29, 1.82) is 0 Å². The number of aliphatic hydroxyl groups excluding tert-OH is 1. The number of aryl methyl sites for hydroxylation is 2. The second-order valence-corrected chi connectivity index (χ2v) is 7.50. The fourth-order valence-electron chi connectivity index (χ4n) is 2.85. The highest BCUT2D eigenvalue weighted by atomic mass is 32.2. The zero-order valence-corrected chi connectivity index (χ0v) is 16.6. The molecule has 2 aromatic carbocycles. The highest BCUT2D eigenvalue weighted by molar-refractivity contribution is 7.99. The summed E-state index contributed by atoms with van der Waals surface area (Å²) in [5.41, 5.74) is 4.47. The van der Waals surface area contributed by atoms with Gasteiger partial charge in [-0.05, 0) is 43.2 Å². The molecule has 0 aliphatic carbocycles. The van der Waals surface area contributed by atoms with Crippen molar-refractivity contribution in [3.63, 3.8) is 0 Å². The number of aliphatic hydroxyl groups is 1. The highest BCUT2D eigenvalue weighted by Gasteiger charge is 2.13. The van der Waals surface area contributed by atoms with Crippen LogP contribution in [0.25, 0.3) is 0 Å². The quantitative estimate of drug-likeness (QED) is 0.591. The summed E-state index contributed by atoms with van der Waals surface area (Å²) in [5, 5.41) is 13.1. The van der Waals surface area contributed by atoms with Gasteiger partial charge in [-0.1, -0.05) is 41.6 Å². The average molecular weight is 399 g/mol. The van der Waals surface area contributed by atoms with Gasteiger partial charge < -0.3 is 15.0 Å². The van der Waals surface area contributed by atoms with E-state index in [2.05, 4.69) is 10.3 Å². The molecule has 3 rings (SSSR count). The number of aromatic nitrogens is 2. The van der Waals surface area contributed by atoms with Crippen LogP contribution in [0, 0.1) is 19.7 Å². The Labute approximate surface area is 167 Å². The highest BCUT2D eigenvalue weighted by Crippen LogP contribution is 2.22. The Bertz CT molecular complexity index is 970. The third-order valence-electron chi connectivity index (χ3n) is 4.31. The van der Waals surface area contributed by atoms with Crippen molar-refractivity contribution < 1.29 is 14.3 Å². The standard InChI is InChI=1S/C21H22FN3O2S/c1-14-3-8-19(15(2)9-14)24-20(27)13-28-21-23-10-18(12-26)25(21)11-16-4-6-17(22)7-5-16/h3-10,26H,11-13H2,1-2H3,(H,24,27). The number of thioether (sulfide) groups is 1. The molecular formula is C21H22FN3O2S. The van der Waals surface area contributed by atoms with E-state index in [1.165, 1.54) is 23.9 Å². The number of hydrogen-bond acceptors (Lipinski definition) is 4. The summed E-state index contributed by atoms with van der Waals surface area (Å²) in [5.74, 6) is -0.230. The van der Waals surface area contributed by atoms with E-state index in [0.29, 0.717) is 17.4 Å². The molecule has 0 bridgehead atoms. The number of carbonyl (C=O) groups is 1. The Balaban J connectivity index is 1.67. The minimum absolute atomic E-state index is 0.126. The summed E-state index contributed by atoms with van der Waals surface area (Å²) in [7, 11) is 0. The molecule has 1 amide bonds. The van der Waals surface area contributed by atoms with Crippen LogP contribution in [0.5, 0.6) is 0 Å². The topological polar surface area (TPSA) is 67.2 Å². The van der Waals surface area contributed by atoms with Crippen LogP contribution in [0.15, 0.2) is 53.8 Å². The molecule has 146 valence electrons. The Morgan fingerprint density at radius 3 is 2.64 bits per heavy atom. The van der Waals surface area contributed by atoms with Gasteiger partial charge in [-0.15, -0.1) is 0 Å². The summed E-state index contributed by atoms with van der Waals surface area (Å²) < 4.78 is 15.0. The van der Waals surface area contributed by atoms with Crippen molar-refractivity contribution in [2.45, 2.75) is 32.2 Å². The van der Waals surface area contributed by atoms with Crippen molar-refractivity contribution >= 4 is 23.4 Å². The fraction of sp³-hybridized carbons (Fsp3) is 0.238. The second-order valence-electron chi connectivity index (χ2n) is 6.56. The zero-order chi connectivity index (χ0) is 20.1. The summed E-state index contributed by atoms with van der Waals surface area (Å²) in [6, 6.07) is 12.1. The molecule has 0 radical (unpaired) electrons. The largest absolute Gasteiger partial charge is 0.390 e. The van der Waals surface area contributed by atoms with Crippen LogP contribution < -0.4 is 5.32 Å². The first-order valence-electron chi connectivity index (χ1n) is 8.86. The number of amides is 1. The number of imidazole rings is 1. The van der Waals surface area contributed by atoms with Gasteiger partial charge in [-0.2, -0.15) is 0 Å². The van der Waals surface area contributed by atoms with E-state index in [0.717, 1.165) is 22.4 Å². The molecule has 0 aliphatic heterocycles. The Kier molecular flexibility index (Phi) is 6.49. The van der Waals surface area contributed by atoms with Crippen LogP contribution in [-0.2, 0) is 17.9 Å². The Morgan fingerprint density at radius 1 is 1.21 bits per heavy atom. The van der Waals surface area contributed by atoms with Crippen molar-refractivity contribution in [2.75, 3.05) is 11.1 Å². The number of nitrogens with one attached hydrogen (secondary N) is 1. The lowest BCUT2D eigenvalue weighted by Gasteiger charge is -2.12. The van der Waals surface area contributed by atoms with Gasteiger partial charge in [0.15, 0.2) is 5.16 Å². The number of halogens is 1.